The highest BCUT2D eigenvalue weighted by atomic mass is 79.9. The molecule has 94 valence electrons. The van der Waals surface area contributed by atoms with E-state index in [2.05, 4.69) is 20.9 Å². The molecule has 18 heavy (non-hydrogen) atoms. The van der Waals surface area contributed by atoms with E-state index < -0.39 is 11.6 Å². The van der Waals surface area contributed by atoms with Crippen LogP contribution in [-0.4, -0.2) is 11.6 Å². The molecule has 0 atom stereocenters. The van der Waals surface area contributed by atoms with Crippen LogP contribution in [-0.2, 0) is 0 Å². The molecule has 0 N–H and O–H groups in total. The number of benzene rings is 1. The molecule has 5 heteroatoms. The first kappa shape index (κ1) is 13.0. The van der Waals surface area contributed by atoms with E-state index in [0.717, 1.165) is 0 Å². The third-order valence-electron chi connectivity index (χ3n) is 2.40. The zero-order chi connectivity index (χ0) is 13.1. The Morgan fingerprint density at radius 3 is 2.50 bits per heavy atom. The van der Waals surface area contributed by atoms with E-state index in [1.807, 2.05) is 0 Å². The first-order valence-corrected chi connectivity index (χ1v) is 6.15. The second-order valence-corrected chi connectivity index (χ2v) is 4.39. The lowest BCUT2D eigenvalue weighted by Crippen LogP contribution is -2.00. The highest BCUT2D eigenvalue weighted by molar-refractivity contribution is 9.10. The number of halogens is 3. The molecule has 1 aromatic heterocycles. The van der Waals surface area contributed by atoms with Gasteiger partial charge in [0.15, 0.2) is 11.6 Å². The van der Waals surface area contributed by atoms with Crippen molar-refractivity contribution in [1.82, 2.24) is 4.98 Å². The van der Waals surface area contributed by atoms with Gasteiger partial charge in [-0.2, -0.15) is 4.39 Å². The van der Waals surface area contributed by atoms with E-state index in [1.54, 1.807) is 19.1 Å². The second kappa shape index (κ2) is 5.44. The molecule has 0 spiro atoms. The number of rotatable bonds is 3. The summed E-state index contributed by atoms with van der Waals surface area (Å²) in [7, 11) is 0. The van der Waals surface area contributed by atoms with Gasteiger partial charge in [-0.05, 0) is 46.6 Å². The van der Waals surface area contributed by atoms with Crippen molar-refractivity contribution in [3.05, 3.63) is 46.7 Å². The van der Waals surface area contributed by atoms with Crippen LogP contribution in [0, 0.1) is 11.6 Å². The summed E-state index contributed by atoms with van der Waals surface area (Å²) in [5, 5.41) is 0. The summed E-state index contributed by atoms with van der Waals surface area (Å²) in [6.45, 7) is 1.98. The molecule has 0 bridgehead atoms. The van der Waals surface area contributed by atoms with Crippen molar-refractivity contribution in [3.8, 4) is 16.9 Å². The second-order valence-electron chi connectivity index (χ2n) is 3.53. The van der Waals surface area contributed by atoms with Crippen LogP contribution in [0.5, 0.6) is 5.75 Å². The average Bonchev–Trinajstić information content (AvgIpc) is 2.40. The van der Waals surface area contributed by atoms with Crippen molar-refractivity contribution in [2.45, 2.75) is 6.92 Å². The van der Waals surface area contributed by atoms with Crippen LogP contribution < -0.4 is 4.74 Å². The Labute approximate surface area is 112 Å². The Bertz CT molecular complexity index is 561. The molecule has 0 saturated carbocycles. The predicted octanol–water partition coefficient (Wildman–Crippen LogP) is 4.19. The molecule has 0 radical (unpaired) electrons. The van der Waals surface area contributed by atoms with Crippen LogP contribution in [0.2, 0.25) is 0 Å². The van der Waals surface area contributed by atoms with Gasteiger partial charge in [0.05, 0.1) is 11.1 Å². The molecule has 0 unspecified atom stereocenters. The summed E-state index contributed by atoms with van der Waals surface area (Å²) >= 11 is 3.18. The lowest BCUT2D eigenvalue weighted by atomic mass is 10.1. The topological polar surface area (TPSA) is 22.1 Å². The number of pyridine rings is 1. The first-order valence-electron chi connectivity index (χ1n) is 5.35. The molecule has 1 aromatic carbocycles. The van der Waals surface area contributed by atoms with E-state index in [0.29, 0.717) is 10.0 Å². The molecular formula is C13H10BrF2NO. The van der Waals surface area contributed by atoms with E-state index in [4.69, 9.17) is 4.74 Å². The van der Waals surface area contributed by atoms with Crippen molar-refractivity contribution >= 4 is 15.9 Å². The van der Waals surface area contributed by atoms with E-state index in [1.165, 1.54) is 18.5 Å². The smallest absolute Gasteiger partial charge is 0.202 e. The molecule has 0 fully saturated rings. The fourth-order valence-corrected chi connectivity index (χ4v) is 2.11. The molecule has 0 aliphatic carbocycles. The molecule has 0 aliphatic rings. The van der Waals surface area contributed by atoms with Gasteiger partial charge in [0.25, 0.3) is 0 Å². The molecule has 0 aliphatic heterocycles. The lowest BCUT2D eigenvalue weighted by Gasteiger charge is -2.11. The average molecular weight is 314 g/mol. The summed E-state index contributed by atoms with van der Waals surface area (Å²) in [5.74, 6) is -2.02. The predicted molar refractivity (Wildman–Crippen MR) is 68.5 cm³/mol. The molecule has 1 heterocycles. The number of nitrogens with zero attached hydrogens (tertiary/aromatic N) is 1. The molecule has 0 saturated heterocycles. The van der Waals surface area contributed by atoms with Gasteiger partial charge in [-0.3, -0.25) is 4.98 Å². The largest absolute Gasteiger partial charge is 0.489 e. The molecule has 2 rings (SSSR count). The van der Waals surface area contributed by atoms with Crippen LogP contribution in [0.3, 0.4) is 0 Å². The van der Waals surface area contributed by atoms with Gasteiger partial charge in [0.2, 0.25) is 5.82 Å². The van der Waals surface area contributed by atoms with Crippen molar-refractivity contribution in [1.29, 1.82) is 0 Å². The van der Waals surface area contributed by atoms with Crippen molar-refractivity contribution in [3.63, 3.8) is 0 Å². The van der Waals surface area contributed by atoms with Gasteiger partial charge < -0.3 is 4.74 Å². The minimum atomic E-state index is -0.988. The number of ether oxygens (including phenoxy) is 1. The van der Waals surface area contributed by atoms with Gasteiger partial charge in [-0.25, -0.2) is 4.39 Å². The van der Waals surface area contributed by atoms with Gasteiger partial charge in [-0.1, -0.05) is 0 Å². The minimum absolute atomic E-state index is 0.104. The van der Waals surface area contributed by atoms with E-state index in [-0.39, 0.29) is 17.9 Å². The van der Waals surface area contributed by atoms with Gasteiger partial charge in [-0.15, -0.1) is 0 Å². The summed E-state index contributed by atoms with van der Waals surface area (Å²) < 4.78 is 33.3. The summed E-state index contributed by atoms with van der Waals surface area (Å²) in [4.78, 5) is 3.84. The number of aromatic nitrogens is 1. The first-order chi connectivity index (χ1) is 8.65. The third kappa shape index (κ3) is 2.36. The normalized spacial score (nSPS) is 10.4. The van der Waals surface area contributed by atoms with Crippen LogP contribution in [0.15, 0.2) is 35.1 Å². The van der Waals surface area contributed by atoms with Crippen molar-refractivity contribution in [2.24, 2.45) is 0 Å². The highest BCUT2D eigenvalue weighted by Crippen LogP contribution is 2.36. The Morgan fingerprint density at radius 1 is 1.22 bits per heavy atom. The lowest BCUT2D eigenvalue weighted by molar-refractivity contribution is 0.312. The summed E-state index contributed by atoms with van der Waals surface area (Å²) in [6, 6.07) is 4.73. The summed E-state index contributed by atoms with van der Waals surface area (Å²) in [5.41, 5.74) is 0.732. The maximum atomic E-state index is 14.0. The maximum absolute atomic E-state index is 14.0. The Morgan fingerprint density at radius 2 is 1.89 bits per heavy atom. The fraction of sp³-hybridized carbons (Fsp3) is 0.154. The summed E-state index contributed by atoms with van der Waals surface area (Å²) in [6.07, 6.45) is 3.05. The van der Waals surface area contributed by atoms with Gasteiger partial charge >= 0.3 is 0 Å². The Kier molecular flexibility index (Phi) is 3.91. The third-order valence-corrected chi connectivity index (χ3v) is 2.99. The highest BCUT2D eigenvalue weighted by Gasteiger charge is 2.19. The minimum Gasteiger partial charge on any atom is -0.489 e. The number of hydrogen-bond donors (Lipinski definition) is 0. The van der Waals surface area contributed by atoms with Crippen LogP contribution in [0.4, 0.5) is 8.78 Å². The van der Waals surface area contributed by atoms with E-state index >= 15 is 0 Å². The van der Waals surface area contributed by atoms with Crippen molar-refractivity contribution in [2.75, 3.05) is 6.61 Å². The molecule has 2 aromatic rings. The zero-order valence-corrected chi connectivity index (χ0v) is 11.2. The molecular weight excluding hydrogens is 304 g/mol. The fourth-order valence-electron chi connectivity index (χ4n) is 1.60. The quantitative estimate of drug-likeness (QED) is 0.793. The van der Waals surface area contributed by atoms with Gasteiger partial charge in [0, 0.05) is 18.0 Å². The van der Waals surface area contributed by atoms with Crippen molar-refractivity contribution < 1.29 is 13.5 Å². The van der Waals surface area contributed by atoms with Crippen LogP contribution in [0.1, 0.15) is 6.92 Å². The monoisotopic (exact) mass is 313 g/mol. The van der Waals surface area contributed by atoms with Crippen LogP contribution >= 0.6 is 15.9 Å². The van der Waals surface area contributed by atoms with Crippen LogP contribution in [0.25, 0.3) is 11.1 Å². The molecule has 0 amide bonds. The number of hydrogen-bond acceptors (Lipinski definition) is 2. The van der Waals surface area contributed by atoms with Gasteiger partial charge in [0.1, 0.15) is 0 Å². The standard InChI is InChI=1S/C13H10BrF2NO/c1-2-18-13-10(14)7-9(11(15)12(13)16)8-3-5-17-6-4-8/h3-7H,2H2,1H3. The van der Waals surface area contributed by atoms with E-state index in [9.17, 15) is 8.78 Å². The SMILES string of the molecule is CCOc1c(Br)cc(-c2ccncc2)c(F)c1F. The maximum Gasteiger partial charge on any atom is 0.202 e. The molecule has 2 nitrogen and oxygen atoms in total. The Balaban J connectivity index is 2.58. The Hall–Kier alpha value is -1.49. The zero-order valence-electron chi connectivity index (χ0n) is 9.58.